The lowest BCUT2D eigenvalue weighted by Crippen LogP contribution is -2.41. The summed E-state index contributed by atoms with van der Waals surface area (Å²) in [6.07, 6.45) is 4.35. The standard InChI is InChI=1S/C22H26ClNO4S/c1-16(18-5-3-4-6-18)24(29(26,27)21-13-11-20(23)12-14-21)15-17-7-9-19(10-8-17)22(25)28-2/h7-14,16,18H,3-6,15H2,1-2H3/t16-/m1/s1. The van der Waals surface area contributed by atoms with Crippen molar-refractivity contribution in [3.63, 3.8) is 0 Å². The minimum absolute atomic E-state index is 0.126. The SMILES string of the molecule is COC(=O)c1ccc(CN([C@H](C)C2CCCC2)S(=O)(=O)c2ccc(Cl)cc2)cc1. The fraction of sp³-hybridized carbons (Fsp3) is 0.409. The predicted octanol–water partition coefficient (Wildman–Crippen LogP) is 4.90. The van der Waals surface area contributed by atoms with Gasteiger partial charge in [0.1, 0.15) is 0 Å². The molecule has 0 bridgehead atoms. The van der Waals surface area contributed by atoms with Crippen molar-refractivity contribution < 1.29 is 17.9 Å². The summed E-state index contributed by atoms with van der Waals surface area (Å²) in [5.41, 5.74) is 1.26. The molecular weight excluding hydrogens is 410 g/mol. The number of sulfonamides is 1. The monoisotopic (exact) mass is 435 g/mol. The van der Waals surface area contributed by atoms with Crippen molar-refractivity contribution in [2.24, 2.45) is 5.92 Å². The normalized spacial score (nSPS) is 16.1. The summed E-state index contributed by atoms with van der Waals surface area (Å²) in [6, 6.07) is 13.0. The van der Waals surface area contributed by atoms with Crippen molar-refractivity contribution in [2.45, 2.75) is 50.1 Å². The Hall–Kier alpha value is -1.89. The summed E-state index contributed by atoms with van der Waals surface area (Å²) >= 11 is 5.94. The number of esters is 1. The predicted molar refractivity (Wildman–Crippen MR) is 113 cm³/mol. The highest BCUT2D eigenvalue weighted by atomic mass is 35.5. The first-order valence-corrected chi connectivity index (χ1v) is 11.6. The van der Waals surface area contributed by atoms with Gasteiger partial charge in [-0.05, 0) is 67.6 Å². The molecule has 1 aliphatic carbocycles. The van der Waals surface area contributed by atoms with Gasteiger partial charge in [-0.15, -0.1) is 0 Å². The van der Waals surface area contributed by atoms with E-state index >= 15 is 0 Å². The molecule has 156 valence electrons. The fourth-order valence-electron chi connectivity index (χ4n) is 3.91. The van der Waals surface area contributed by atoms with E-state index in [1.54, 1.807) is 52.8 Å². The lowest BCUT2D eigenvalue weighted by molar-refractivity contribution is 0.0600. The molecule has 0 amide bonds. The number of benzene rings is 2. The van der Waals surface area contributed by atoms with Crippen LogP contribution in [-0.2, 0) is 21.3 Å². The Morgan fingerprint density at radius 2 is 1.69 bits per heavy atom. The van der Waals surface area contributed by atoms with Crippen molar-refractivity contribution in [1.82, 2.24) is 4.31 Å². The maximum atomic E-state index is 13.5. The van der Waals surface area contributed by atoms with E-state index in [4.69, 9.17) is 16.3 Å². The Kier molecular flexibility index (Phi) is 6.98. The van der Waals surface area contributed by atoms with Crippen LogP contribution in [0.4, 0.5) is 0 Å². The summed E-state index contributed by atoms with van der Waals surface area (Å²) < 4.78 is 33.3. The van der Waals surface area contributed by atoms with Crippen LogP contribution >= 0.6 is 11.6 Å². The first kappa shape index (κ1) is 21.8. The van der Waals surface area contributed by atoms with Gasteiger partial charge in [-0.25, -0.2) is 13.2 Å². The van der Waals surface area contributed by atoms with Crippen LogP contribution in [-0.4, -0.2) is 31.8 Å². The molecule has 29 heavy (non-hydrogen) atoms. The quantitative estimate of drug-likeness (QED) is 0.580. The molecular formula is C22H26ClNO4S. The summed E-state index contributed by atoms with van der Waals surface area (Å²) in [7, 11) is -2.37. The van der Waals surface area contributed by atoms with E-state index in [2.05, 4.69) is 0 Å². The number of nitrogens with zero attached hydrogens (tertiary/aromatic N) is 1. The number of carbonyl (C=O) groups excluding carboxylic acids is 1. The van der Waals surface area contributed by atoms with Gasteiger partial charge in [-0.1, -0.05) is 36.6 Å². The number of halogens is 1. The van der Waals surface area contributed by atoms with Crippen LogP contribution in [0.5, 0.6) is 0 Å². The second-order valence-electron chi connectivity index (χ2n) is 7.48. The average molecular weight is 436 g/mol. The van der Waals surface area contributed by atoms with E-state index in [-0.39, 0.29) is 17.5 Å². The second kappa shape index (κ2) is 9.28. The van der Waals surface area contributed by atoms with Crippen LogP contribution in [0.3, 0.4) is 0 Å². The molecule has 0 N–H and O–H groups in total. The Morgan fingerprint density at radius 1 is 1.10 bits per heavy atom. The molecule has 0 heterocycles. The van der Waals surface area contributed by atoms with Gasteiger partial charge in [0.25, 0.3) is 0 Å². The van der Waals surface area contributed by atoms with Gasteiger partial charge in [0.2, 0.25) is 10.0 Å². The van der Waals surface area contributed by atoms with Crippen LogP contribution in [0.1, 0.15) is 48.5 Å². The van der Waals surface area contributed by atoms with Crippen LogP contribution in [0.25, 0.3) is 0 Å². The van der Waals surface area contributed by atoms with Gasteiger partial charge in [0.05, 0.1) is 17.6 Å². The smallest absolute Gasteiger partial charge is 0.337 e. The highest BCUT2D eigenvalue weighted by Crippen LogP contribution is 2.33. The van der Waals surface area contributed by atoms with E-state index in [9.17, 15) is 13.2 Å². The maximum absolute atomic E-state index is 13.5. The van der Waals surface area contributed by atoms with E-state index in [1.165, 1.54) is 7.11 Å². The Balaban J connectivity index is 1.92. The molecule has 0 spiro atoms. The number of ether oxygens (including phenoxy) is 1. The molecule has 0 aliphatic heterocycles. The third-order valence-corrected chi connectivity index (χ3v) is 7.87. The Bertz CT molecular complexity index is 936. The molecule has 7 heteroatoms. The minimum Gasteiger partial charge on any atom is -0.465 e. The zero-order valence-corrected chi connectivity index (χ0v) is 18.2. The topological polar surface area (TPSA) is 63.7 Å². The van der Waals surface area contributed by atoms with Gasteiger partial charge >= 0.3 is 5.97 Å². The number of rotatable bonds is 7. The fourth-order valence-corrected chi connectivity index (χ4v) is 5.71. The number of carbonyl (C=O) groups is 1. The Labute approximate surface area is 177 Å². The van der Waals surface area contributed by atoms with Crippen molar-refractivity contribution in [2.75, 3.05) is 7.11 Å². The first-order chi connectivity index (χ1) is 13.8. The van der Waals surface area contributed by atoms with Crippen LogP contribution in [0.2, 0.25) is 5.02 Å². The zero-order chi connectivity index (χ0) is 21.0. The molecule has 1 saturated carbocycles. The zero-order valence-electron chi connectivity index (χ0n) is 16.7. The number of methoxy groups -OCH3 is 1. The van der Waals surface area contributed by atoms with E-state index in [0.717, 1.165) is 31.2 Å². The van der Waals surface area contributed by atoms with E-state index < -0.39 is 16.0 Å². The lowest BCUT2D eigenvalue weighted by atomic mass is 9.99. The molecule has 3 rings (SSSR count). The van der Waals surface area contributed by atoms with Crippen molar-refractivity contribution in [1.29, 1.82) is 0 Å². The number of hydrogen-bond acceptors (Lipinski definition) is 4. The van der Waals surface area contributed by atoms with Crippen molar-refractivity contribution >= 4 is 27.6 Å². The van der Waals surface area contributed by atoms with Crippen LogP contribution in [0, 0.1) is 5.92 Å². The highest BCUT2D eigenvalue weighted by molar-refractivity contribution is 7.89. The lowest BCUT2D eigenvalue weighted by Gasteiger charge is -2.32. The highest BCUT2D eigenvalue weighted by Gasteiger charge is 2.34. The third-order valence-electron chi connectivity index (χ3n) is 5.67. The first-order valence-electron chi connectivity index (χ1n) is 9.77. The molecule has 1 atom stereocenters. The molecule has 2 aromatic carbocycles. The number of hydrogen-bond donors (Lipinski definition) is 0. The molecule has 0 aromatic heterocycles. The van der Waals surface area contributed by atoms with Gasteiger partial charge in [0, 0.05) is 17.6 Å². The van der Waals surface area contributed by atoms with Crippen molar-refractivity contribution in [3.05, 3.63) is 64.7 Å². The molecule has 2 aromatic rings. The maximum Gasteiger partial charge on any atom is 0.337 e. The summed E-state index contributed by atoms with van der Waals surface area (Å²) in [5.74, 6) is -0.0760. The van der Waals surface area contributed by atoms with Gasteiger partial charge < -0.3 is 4.74 Å². The summed E-state index contributed by atoms with van der Waals surface area (Å²) in [4.78, 5) is 11.9. The summed E-state index contributed by atoms with van der Waals surface area (Å²) in [5, 5.41) is 0.498. The summed E-state index contributed by atoms with van der Waals surface area (Å²) in [6.45, 7) is 2.23. The molecule has 1 aliphatic rings. The van der Waals surface area contributed by atoms with Gasteiger partial charge in [0.15, 0.2) is 0 Å². The van der Waals surface area contributed by atoms with Crippen molar-refractivity contribution in [3.8, 4) is 0 Å². The largest absolute Gasteiger partial charge is 0.465 e. The molecule has 1 fully saturated rings. The molecule has 0 saturated heterocycles. The average Bonchev–Trinajstić information content (AvgIpc) is 3.26. The minimum atomic E-state index is -3.70. The molecule has 0 radical (unpaired) electrons. The Morgan fingerprint density at radius 3 is 2.24 bits per heavy atom. The van der Waals surface area contributed by atoms with Crippen LogP contribution < -0.4 is 0 Å². The molecule has 0 unspecified atom stereocenters. The second-order valence-corrected chi connectivity index (χ2v) is 9.80. The third kappa shape index (κ3) is 5.00. The molecule has 5 nitrogen and oxygen atoms in total. The van der Waals surface area contributed by atoms with Gasteiger partial charge in [-0.3, -0.25) is 0 Å². The van der Waals surface area contributed by atoms with E-state index in [1.807, 2.05) is 6.92 Å². The van der Waals surface area contributed by atoms with Gasteiger partial charge in [-0.2, -0.15) is 4.31 Å². The van der Waals surface area contributed by atoms with Crippen LogP contribution in [0.15, 0.2) is 53.4 Å². The van der Waals surface area contributed by atoms with E-state index in [0.29, 0.717) is 16.5 Å².